The van der Waals surface area contributed by atoms with Crippen molar-refractivity contribution < 1.29 is 14.3 Å². The average Bonchev–Trinajstić information content (AvgIpc) is 2.50. The maximum Gasteiger partial charge on any atom is 0.410 e. The number of ether oxygens (including phenoxy) is 2. The zero-order valence-electron chi connectivity index (χ0n) is 15.8. The lowest BCUT2D eigenvalue weighted by atomic mass is 10.2. The number of nitrogens with zero attached hydrogens (tertiary/aromatic N) is 2. The molecule has 1 fully saturated rings. The number of halogens is 1. The molecular formula is C19H29BrN2O3. The van der Waals surface area contributed by atoms with Crippen LogP contribution in [-0.4, -0.2) is 60.3 Å². The normalized spacial score (nSPS) is 19.0. The second-order valence-electron chi connectivity index (χ2n) is 7.59. The van der Waals surface area contributed by atoms with Gasteiger partial charge in [0, 0.05) is 32.2 Å². The van der Waals surface area contributed by atoms with E-state index in [9.17, 15) is 4.79 Å². The fourth-order valence-electron chi connectivity index (χ4n) is 2.81. The lowest BCUT2D eigenvalue weighted by Crippen LogP contribution is -2.55. The number of amides is 1. The van der Waals surface area contributed by atoms with Crippen LogP contribution in [0.1, 0.15) is 33.3 Å². The molecule has 1 aliphatic heterocycles. The van der Waals surface area contributed by atoms with Crippen LogP contribution in [0.5, 0.6) is 5.75 Å². The Balaban J connectivity index is 1.80. The minimum Gasteiger partial charge on any atom is -0.491 e. The molecule has 1 aliphatic rings. The minimum atomic E-state index is -0.452. The third kappa shape index (κ3) is 6.19. The van der Waals surface area contributed by atoms with Gasteiger partial charge in [-0.05, 0) is 68.2 Å². The van der Waals surface area contributed by atoms with Crippen LogP contribution in [-0.2, 0) is 4.74 Å². The summed E-state index contributed by atoms with van der Waals surface area (Å²) < 4.78 is 12.4. The van der Waals surface area contributed by atoms with E-state index in [0.717, 1.165) is 23.3 Å². The number of benzene rings is 1. The van der Waals surface area contributed by atoms with E-state index in [0.29, 0.717) is 19.7 Å². The molecule has 6 heteroatoms. The molecule has 2 rings (SSSR count). The minimum absolute atomic E-state index is 0.223. The highest BCUT2D eigenvalue weighted by Crippen LogP contribution is 2.25. The molecule has 1 heterocycles. The number of hydrogen-bond donors (Lipinski definition) is 0. The molecule has 0 N–H and O–H groups in total. The molecule has 1 aromatic carbocycles. The first-order valence-electron chi connectivity index (χ1n) is 8.76. The summed E-state index contributed by atoms with van der Waals surface area (Å²) in [5, 5.41) is 0. The molecule has 1 atom stereocenters. The molecule has 0 aliphatic carbocycles. The Labute approximate surface area is 159 Å². The fraction of sp³-hybridized carbons (Fsp3) is 0.632. The smallest absolute Gasteiger partial charge is 0.410 e. The van der Waals surface area contributed by atoms with Gasteiger partial charge in [-0.15, -0.1) is 0 Å². The number of rotatable bonds is 4. The fourth-order valence-corrected chi connectivity index (χ4v) is 3.17. The van der Waals surface area contributed by atoms with Crippen LogP contribution >= 0.6 is 15.9 Å². The van der Waals surface area contributed by atoms with Gasteiger partial charge in [0.1, 0.15) is 18.0 Å². The molecule has 0 bridgehead atoms. The van der Waals surface area contributed by atoms with Gasteiger partial charge in [-0.2, -0.15) is 0 Å². The summed E-state index contributed by atoms with van der Waals surface area (Å²) in [7, 11) is 0. The SMILES string of the molecule is Cc1ccc(Br)c(OCCN2CCN(C(=O)OC(C)(C)C)CC2C)c1. The number of hydrogen-bond acceptors (Lipinski definition) is 4. The van der Waals surface area contributed by atoms with E-state index >= 15 is 0 Å². The van der Waals surface area contributed by atoms with Crippen LogP contribution in [0.3, 0.4) is 0 Å². The predicted octanol–water partition coefficient (Wildman–Crippen LogP) is 4.08. The maximum absolute atomic E-state index is 12.2. The van der Waals surface area contributed by atoms with E-state index in [1.165, 1.54) is 5.56 Å². The van der Waals surface area contributed by atoms with Crippen molar-refractivity contribution in [3.63, 3.8) is 0 Å². The van der Waals surface area contributed by atoms with Gasteiger partial charge in [0.25, 0.3) is 0 Å². The Hall–Kier alpha value is -1.27. The third-order valence-electron chi connectivity index (χ3n) is 4.14. The molecule has 0 radical (unpaired) electrons. The second kappa shape index (κ2) is 8.41. The molecule has 1 aromatic rings. The van der Waals surface area contributed by atoms with Gasteiger partial charge in [-0.25, -0.2) is 4.79 Å². The van der Waals surface area contributed by atoms with E-state index in [-0.39, 0.29) is 12.1 Å². The van der Waals surface area contributed by atoms with Gasteiger partial charge in [-0.1, -0.05) is 6.07 Å². The van der Waals surface area contributed by atoms with Gasteiger partial charge >= 0.3 is 6.09 Å². The molecule has 0 aromatic heterocycles. The van der Waals surface area contributed by atoms with Crippen LogP contribution in [0.15, 0.2) is 22.7 Å². The second-order valence-corrected chi connectivity index (χ2v) is 8.45. The molecule has 1 saturated heterocycles. The van der Waals surface area contributed by atoms with Crippen molar-refractivity contribution >= 4 is 22.0 Å². The van der Waals surface area contributed by atoms with Gasteiger partial charge in [0.15, 0.2) is 0 Å². The molecule has 140 valence electrons. The molecule has 1 amide bonds. The Morgan fingerprint density at radius 1 is 1.32 bits per heavy atom. The van der Waals surface area contributed by atoms with Gasteiger partial charge in [0.2, 0.25) is 0 Å². The summed E-state index contributed by atoms with van der Waals surface area (Å²) >= 11 is 3.52. The number of carbonyl (C=O) groups is 1. The molecule has 0 saturated carbocycles. The Morgan fingerprint density at radius 2 is 2.04 bits per heavy atom. The zero-order valence-corrected chi connectivity index (χ0v) is 17.4. The molecule has 5 nitrogen and oxygen atoms in total. The third-order valence-corrected chi connectivity index (χ3v) is 4.79. The van der Waals surface area contributed by atoms with Crippen molar-refractivity contribution in [1.29, 1.82) is 0 Å². The summed E-state index contributed by atoms with van der Waals surface area (Å²) in [6.45, 7) is 13.5. The standard InChI is InChI=1S/C19H29BrN2O3/c1-14-6-7-16(20)17(12-14)24-11-10-21-8-9-22(13-15(21)2)18(23)25-19(3,4)5/h6-7,12,15H,8-11,13H2,1-5H3. The number of aryl methyl sites for hydroxylation is 1. The Kier molecular flexibility index (Phi) is 6.74. The zero-order chi connectivity index (χ0) is 18.6. The number of carbonyl (C=O) groups excluding carboxylic acids is 1. The van der Waals surface area contributed by atoms with Crippen LogP contribution in [0.25, 0.3) is 0 Å². The summed E-state index contributed by atoms with van der Waals surface area (Å²) in [5.41, 5.74) is 0.726. The van der Waals surface area contributed by atoms with E-state index in [4.69, 9.17) is 9.47 Å². The number of piperazine rings is 1. The quantitative estimate of drug-likeness (QED) is 0.746. The lowest BCUT2D eigenvalue weighted by molar-refractivity contribution is 0.00429. The van der Waals surface area contributed by atoms with Crippen LogP contribution < -0.4 is 4.74 Å². The topological polar surface area (TPSA) is 42.0 Å². The predicted molar refractivity (Wildman–Crippen MR) is 103 cm³/mol. The first-order valence-corrected chi connectivity index (χ1v) is 9.56. The first kappa shape index (κ1) is 20.0. The molecular weight excluding hydrogens is 384 g/mol. The highest BCUT2D eigenvalue weighted by Gasteiger charge is 2.29. The molecule has 0 spiro atoms. The van der Waals surface area contributed by atoms with E-state index in [1.54, 1.807) is 4.90 Å². The summed E-state index contributed by atoms with van der Waals surface area (Å²) in [6.07, 6.45) is -0.223. The summed E-state index contributed by atoms with van der Waals surface area (Å²) in [6, 6.07) is 6.38. The summed E-state index contributed by atoms with van der Waals surface area (Å²) in [4.78, 5) is 16.3. The monoisotopic (exact) mass is 412 g/mol. The average molecular weight is 413 g/mol. The largest absolute Gasteiger partial charge is 0.491 e. The highest BCUT2D eigenvalue weighted by atomic mass is 79.9. The van der Waals surface area contributed by atoms with Crippen molar-refractivity contribution in [2.24, 2.45) is 0 Å². The summed E-state index contributed by atoms with van der Waals surface area (Å²) in [5.74, 6) is 0.875. The Morgan fingerprint density at radius 3 is 2.68 bits per heavy atom. The maximum atomic E-state index is 12.2. The van der Waals surface area contributed by atoms with E-state index < -0.39 is 5.60 Å². The first-order chi connectivity index (χ1) is 11.7. The van der Waals surface area contributed by atoms with E-state index in [1.807, 2.05) is 32.9 Å². The van der Waals surface area contributed by atoms with Crippen LogP contribution in [0, 0.1) is 6.92 Å². The van der Waals surface area contributed by atoms with Gasteiger partial charge < -0.3 is 14.4 Å². The van der Waals surface area contributed by atoms with Crippen LogP contribution in [0.2, 0.25) is 0 Å². The van der Waals surface area contributed by atoms with Gasteiger partial charge in [0.05, 0.1) is 4.47 Å². The van der Waals surface area contributed by atoms with Crippen molar-refractivity contribution in [3.05, 3.63) is 28.2 Å². The van der Waals surface area contributed by atoms with Crippen molar-refractivity contribution in [2.75, 3.05) is 32.8 Å². The Bertz CT molecular complexity index is 601. The van der Waals surface area contributed by atoms with Crippen molar-refractivity contribution in [1.82, 2.24) is 9.80 Å². The van der Waals surface area contributed by atoms with Crippen molar-refractivity contribution in [2.45, 2.75) is 46.3 Å². The molecule has 1 unspecified atom stereocenters. The van der Waals surface area contributed by atoms with Gasteiger partial charge in [-0.3, -0.25) is 4.90 Å². The van der Waals surface area contributed by atoms with E-state index in [2.05, 4.69) is 40.7 Å². The molecule has 25 heavy (non-hydrogen) atoms. The van der Waals surface area contributed by atoms with Crippen molar-refractivity contribution in [3.8, 4) is 5.75 Å². The van der Waals surface area contributed by atoms with Crippen LogP contribution in [0.4, 0.5) is 4.79 Å². The lowest BCUT2D eigenvalue weighted by Gasteiger charge is -2.40. The highest BCUT2D eigenvalue weighted by molar-refractivity contribution is 9.10.